The number of esters is 1. The third-order valence-corrected chi connectivity index (χ3v) is 5.02. The molecule has 28 heavy (non-hydrogen) atoms. The van der Waals surface area contributed by atoms with Gasteiger partial charge in [0.25, 0.3) is 5.89 Å². The standard InChI is InChI=1S/C21H17N3O3S/c1-13(20-23-19(24-27-20)16-11-7-4-8-12-16)26-21(25)18-17(22-14(2)28-18)15-9-5-3-6-10-15/h3-13H,1-2H3/t13-/m1/s1. The van der Waals surface area contributed by atoms with E-state index >= 15 is 0 Å². The number of thiazole rings is 1. The Kier molecular flexibility index (Phi) is 4.99. The molecule has 0 fully saturated rings. The summed E-state index contributed by atoms with van der Waals surface area (Å²) in [5.74, 6) is 0.239. The molecule has 140 valence electrons. The van der Waals surface area contributed by atoms with E-state index in [4.69, 9.17) is 9.26 Å². The van der Waals surface area contributed by atoms with Crippen molar-refractivity contribution in [3.8, 4) is 22.6 Å². The van der Waals surface area contributed by atoms with Crippen LogP contribution in [0.3, 0.4) is 0 Å². The summed E-state index contributed by atoms with van der Waals surface area (Å²) < 4.78 is 10.9. The van der Waals surface area contributed by atoms with Gasteiger partial charge in [-0.15, -0.1) is 11.3 Å². The highest BCUT2D eigenvalue weighted by atomic mass is 32.1. The summed E-state index contributed by atoms with van der Waals surface area (Å²) in [6.45, 7) is 3.57. The van der Waals surface area contributed by atoms with E-state index in [-0.39, 0.29) is 5.89 Å². The zero-order valence-electron chi connectivity index (χ0n) is 15.3. The second-order valence-corrected chi connectivity index (χ2v) is 7.35. The van der Waals surface area contributed by atoms with Crippen molar-refractivity contribution in [2.24, 2.45) is 0 Å². The molecular weight excluding hydrogens is 374 g/mol. The van der Waals surface area contributed by atoms with E-state index in [0.717, 1.165) is 16.1 Å². The molecule has 0 aliphatic heterocycles. The molecule has 6 nitrogen and oxygen atoms in total. The first-order valence-corrected chi connectivity index (χ1v) is 9.56. The molecule has 0 saturated carbocycles. The number of ether oxygens (including phenoxy) is 1. The second-order valence-electron chi connectivity index (χ2n) is 6.15. The van der Waals surface area contributed by atoms with Crippen LogP contribution in [-0.2, 0) is 4.74 Å². The van der Waals surface area contributed by atoms with Gasteiger partial charge in [0.1, 0.15) is 4.88 Å². The first-order valence-electron chi connectivity index (χ1n) is 8.74. The minimum absolute atomic E-state index is 0.245. The van der Waals surface area contributed by atoms with E-state index in [2.05, 4.69) is 15.1 Å². The molecule has 1 atom stereocenters. The molecule has 0 radical (unpaired) electrons. The van der Waals surface area contributed by atoms with E-state index in [1.54, 1.807) is 6.92 Å². The Morgan fingerprint density at radius 3 is 2.32 bits per heavy atom. The van der Waals surface area contributed by atoms with E-state index in [1.807, 2.05) is 67.6 Å². The molecule has 4 aromatic rings. The van der Waals surface area contributed by atoms with Crippen molar-refractivity contribution >= 4 is 17.3 Å². The highest BCUT2D eigenvalue weighted by Crippen LogP contribution is 2.30. The van der Waals surface area contributed by atoms with Crippen LogP contribution in [0.4, 0.5) is 0 Å². The number of hydrogen-bond donors (Lipinski definition) is 0. The van der Waals surface area contributed by atoms with Gasteiger partial charge in [-0.1, -0.05) is 65.8 Å². The number of nitrogens with zero attached hydrogens (tertiary/aromatic N) is 3. The first kappa shape index (κ1) is 18.1. The highest BCUT2D eigenvalue weighted by molar-refractivity contribution is 7.14. The molecule has 2 heterocycles. The van der Waals surface area contributed by atoms with Crippen LogP contribution in [0.1, 0.15) is 33.6 Å². The fraction of sp³-hybridized carbons (Fsp3) is 0.143. The molecule has 0 spiro atoms. The number of carbonyl (C=O) groups excluding carboxylic acids is 1. The molecule has 0 aliphatic rings. The molecule has 0 amide bonds. The van der Waals surface area contributed by atoms with Crippen LogP contribution in [0.15, 0.2) is 65.2 Å². The number of hydrogen-bond acceptors (Lipinski definition) is 7. The lowest BCUT2D eigenvalue weighted by Crippen LogP contribution is -2.09. The van der Waals surface area contributed by atoms with Gasteiger partial charge in [-0.05, 0) is 13.8 Å². The maximum absolute atomic E-state index is 12.8. The smallest absolute Gasteiger partial charge is 0.351 e. The fourth-order valence-electron chi connectivity index (χ4n) is 2.73. The summed E-state index contributed by atoms with van der Waals surface area (Å²) in [4.78, 5) is 22.1. The largest absolute Gasteiger partial charge is 0.448 e. The Morgan fingerprint density at radius 2 is 1.64 bits per heavy atom. The number of aryl methyl sites for hydroxylation is 1. The lowest BCUT2D eigenvalue weighted by atomic mass is 10.1. The quantitative estimate of drug-likeness (QED) is 0.441. The zero-order chi connectivity index (χ0) is 19.5. The SMILES string of the molecule is Cc1nc(-c2ccccc2)c(C(=O)O[C@H](C)c2nc(-c3ccccc3)no2)s1. The van der Waals surface area contributed by atoms with Crippen molar-refractivity contribution in [3.05, 3.63) is 76.4 Å². The fourth-order valence-corrected chi connectivity index (χ4v) is 3.55. The zero-order valence-corrected chi connectivity index (χ0v) is 16.1. The van der Waals surface area contributed by atoms with Crippen molar-refractivity contribution in [3.63, 3.8) is 0 Å². The maximum atomic E-state index is 12.8. The van der Waals surface area contributed by atoms with Gasteiger partial charge in [-0.3, -0.25) is 0 Å². The van der Waals surface area contributed by atoms with Gasteiger partial charge < -0.3 is 9.26 Å². The van der Waals surface area contributed by atoms with Gasteiger partial charge in [-0.25, -0.2) is 9.78 Å². The normalized spacial score (nSPS) is 11.9. The van der Waals surface area contributed by atoms with Crippen molar-refractivity contribution in [1.29, 1.82) is 0 Å². The van der Waals surface area contributed by atoms with Crippen LogP contribution in [0.5, 0.6) is 0 Å². The molecule has 0 bridgehead atoms. The lowest BCUT2D eigenvalue weighted by Gasteiger charge is -2.09. The van der Waals surface area contributed by atoms with Crippen molar-refractivity contribution < 1.29 is 14.1 Å². The summed E-state index contributed by atoms with van der Waals surface area (Å²) in [6, 6.07) is 19.0. The lowest BCUT2D eigenvalue weighted by molar-refractivity contribution is 0.0272. The summed E-state index contributed by atoms with van der Waals surface area (Å²) in [6.07, 6.45) is -0.677. The van der Waals surface area contributed by atoms with Crippen LogP contribution in [0.25, 0.3) is 22.6 Å². The van der Waals surface area contributed by atoms with Gasteiger partial charge in [-0.2, -0.15) is 4.98 Å². The summed E-state index contributed by atoms with van der Waals surface area (Å²) in [7, 11) is 0. The Bertz CT molecular complexity index is 1090. The number of aromatic nitrogens is 3. The number of rotatable bonds is 5. The first-order chi connectivity index (χ1) is 13.6. The third kappa shape index (κ3) is 3.70. The summed E-state index contributed by atoms with van der Waals surface area (Å²) in [5, 5.41) is 4.76. The molecular formula is C21H17N3O3S. The third-order valence-electron chi connectivity index (χ3n) is 4.07. The number of benzene rings is 2. The molecule has 7 heteroatoms. The summed E-state index contributed by atoms with van der Waals surface area (Å²) >= 11 is 1.30. The molecule has 2 aromatic heterocycles. The molecule has 0 unspecified atom stereocenters. The van der Waals surface area contributed by atoms with Crippen molar-refractivity contribution in [1.82, 2.24) is 15.1 Å². The monoisotopic (exact) mass is 391 g/mol. The van der Waals surface area contributed by atoms with Crippen LogP contribution in [0, 0.1) is 6.92 Å². The average Bonchev–Trinajstić information content (AvgIpc) is 3.36. The second kappa shape index (κ2) is 7.74. The molecule has 2 aromatic carbocycles. The Hall–Kier alpha value is -3.32. The Labute approximate surface area is 165 Å². The molecule has 4 rings (SSSR count). The molecule has 0 saturated heterocycles. The predicted molar refractivity (Wildman–Crippen MR) is 106 cm³/mol. The van der Waals surface area contributed by atoms with E-state index in [0.29, 0.717) is 16.4 Å². The van der Waals surface area contributed by atoms with Gasteiger partial charge in [0.15, 0.2) is 6.10 Å². The topological polar surface area (TPSA) is 78.1 Å². The van der Waals surface area contributed by atoms with Crippen LogP contribution in [-0.4, -0.2) is 21.1 Å². The van der Waals surface area contributed by atoms with E-state index < -0.39 is 12.1 Å². The van der Waals surface area contributed by atoms with Crippen LogP contribution in [0.2, 0.25) is 0 Å². The Morgan fingerprint density at radius 1 is 1.00 bits per heavy atom. The summed E-state index contributed by atoms with van der Waals surface area (Å²) in [5.41, 5.74) is 2.33. The maximum Gasteiger partial charge on any atom is 0.351 e. The van der Waals surface area contributed by atoms with Crippen LogP contribution < -0.4 is 0 Å². The van der Waals surface area contributed by atoms with E-state index in [9.17, 15) is 4.79 Å². The Balaban J connectivity index is 1.54. The highest BCUT2D eigenvalue weighted by Gasteiger charge is 2.24. The van der Waals surface area contributed by atoms with Gasteiger partial charge in [0, 0.05) is 11.1 Å². The molecule has 0 aliphatic carbocycles. The predicted octanol–water partition coefficient (Wildman–Crippen LogP) is 5.09. The van der Waals surface area contributed by atoms with Crippen LogP contribution >= 0.6 is 11.3 Å². The van der Waals surface area contributed by atoms with Crippen molar-refractivity contribution in [2.75, 3.05) is 0 Å². The van der Waals surface area contributed by atoms with Gasteiger partial charge in [0.2, 0.25) is 5.82 Å². The number of carbonyl (C=O) groups is 1. The average molecular weight is 391 g/mol. The van der Waals surface area contributed by atoms with Crippen molar-refractivity contribution in [2.45, 2.75) is 20.0 Å². The minimum atomic E-state index is -0.677. The minimum Gasteiger partial charge on any atom is -0.448 e. The molecule has 0 N–H and O–H groups in total. The van der Waals surface area contributed by atoms with E-state index in [1.165, 1.54) is 11.3 Å². The van der Waals surface area contributed by atoms with Gasteiger partial charge >= 0.3 is 5.97 Å². The van der Waals surface area contributed by atoms with Gasteiger partial charge in [0.05, 0.1) is 10.7 Å².